The van der Waals surface area contributed by atoms with E-state index in [1.165, 1.54) is 11.3 Å². The number of anilines is 1. The molecule has 1 nitrogen and oxygen atoms in total. The van der Waals surface area contributed by atoms with E-state index in [-0.39, 0.29) is 0 Å². The van der Waals surface area contributed by atoms with Gasteiger partial charge in [-0.1, -0.05) is 15.9 Å². The van der Waals surface area contributed by atoms with E-state index in [0.717, 1.165) is 21.9 Å². The fourth-order valence-electron chi connectivity index (χ4n) is 1.34. The van der Waals surface area contributed by atoms with Crippen LogP contribution in [0.3, 0.4) is 0 Å². The summed E-state index contributed by atoms with van der Waals surface area (Å²) in [5.41, 5.74) is 2.65. The molecule has 1 aromatic rings. The maximum Gasteiger partial charge on any atom is 0.0518 e. The Hall–Kier alpha value is -0.0200. The van der Waals surface area contributed by atoms with E-state index >= 15 is 0 Å². The van der Waals surface area contributed by atoms with Crippen molar-refractivity contribution in [1.82, 2.24) is 0 Å². The molecule has 0 saturated carbocycles. The van der Waals surface area contributed by atoms with E-state index < -0.39 is 0 Å². The first kappa shape index (κ1) is 7.62. The Morgan fingerprint density at radius 3 is 2.91 bits per heavy atom. The molecule has 0 bridgehead atoms. The monoisotopic (exact) mass is 275 g/mol. The van der Waals surface area contributed by atoms with Crippen LogP contribution in [0, 0.1) is 0 Å². The Bertz CT molecular complexity index is 296. The average molecular weight is 277 g/mol. The van der Waals surface area contributed by atoms with Crippen molar-refractivity contribution >= 4 is 37.5 Å². The van der Waals surface area contributed by atoms with Gasteiger partial charge < -0.3 is 5.32 Å². The highest BCUT2D eigenvalue weighted by molar-refractivity contribution is 9.11. The number of nitrogens with one attached hydrogen (secondary N) is 1. The first-order valence-electron chi connectivity index (χ1n) is 3.49. The average Bonchev–Trinajstić information content (AvgIpc) is 2.34. The van der Waals surface area contributed by atoms with Crippen molar-refractivity contribution in [2.24, 2.45) is 0 Å². The summed E-state index contributed by atoms with van der Waals surface area (Å²) in [5, 5.41) is 3.33. The minimum absolute atomic E-state index is 1.06. The summed E-state index contributed by atoms with van der Waals surface area (Å²) >= 11 is 6.96. The van der Waals surface area contributed by atoms with Crippen molar-refractivity contribution in [3.8, 4) is 0 Å². The predicted octanol–water partition coefficient (Wildman–Crippen LogP) is 3.18. The summed E-state index contributed by atoms with van der Waals surface area (Å²) in [6, 6.07) is 4.23. The van der Waals surface area contributed by atoms with E-state index in [4.69, 9.17) is 0 Å². The van der Waals surface area contributed by atoms with Gasteiger partial charge in [-0.05, 0) is 40.0 Å². The number of halogens is 2. The lowest BCUT2D eigenvalue weighted by Gasteiger charge is -2.02. The molecule has 1 heterocycles. The zero-order chi connectivity index (χ0) is 7.84. The number of benzene rings is 1. The Morgan fingerprint density at radius 2 is 2.09 bits per heavy atom. The molecular formula is C8H7Br2N. The van der Waals surface area contributed by atoms with Crippen molar-refractivity contribution in [2.75, 3.05) is 11.9 Å². The van der Waals surface area contributed by atoms with Gasteiger partial charge in [0, 0.05) is 15.5 Å². The molecule has 0 fully saturated rings. The molecule has 0 unspecified atom stereocenters. The van der Waals surface area contributed by atoms with Gasteiger partial charge in [0.25, 0.3) is 0 Å². The lowest BCUT2D eigenvalue weighted by molar-refractivity contribution is 1.10. The Balaban J connectivity index is 2.60. The van der Waals surface area contributed by atoms with Gasteiger partial charge >= 0.3 is 0 Å². The van der Waals surface area contributed by atoms with Crippen LogP contribution >= 0.6 is 31.9 Å². The van der Waals surface area contributed by atoms with E-state index in [2.05, 4.69) is 49.3 Å². The summed E-state index contributed by atoms with van der Waals surface area (Å²) in [6.45, 7) is 1.06. The second kappa shape index (κ2) is 2.79. The van der Waals surface area contributed by atoms with Crippen LogP contribution in [0.2, 0.25) is 0 Å². The van der Waals surface area contributed by atoms with Gasteiger partial charge in [0.15, 0.2) is 0 Å². The van der Waals surface area contributed by atoms with Crippen LogP contribution < -0.4 is 5.32 Å². The molecular weight excluding hydrogens is 270 g/mol. The fourth-order valence-corrected chi connectivity index (χ4v) is 2.80. The molecule has 0 radical (unpaired) electrons. The van der Waals surface area contributed by atoms with E-state index in [0.29, 0.717) is 0 Å². The molecule has 11 heavy (non-hydrogen) atoms. The summed E-state index contributed by atoms with van der Waals surface area (Å²) < 4.78 is 2.30. The molecule has 1 aliphatic rings. The molecule has 3 heteroatoms. The van der Waals surface area contributed by atoms with Crippen molar-refractivity contribution in [3.63, 3.8) is 0 Å². The summed E-state index contributed by atoms with van der Waals surface area (Å²) in [4.78, 5) is 0. The fraction of sp³-hybridized carbons (Fsp3) is 0.250. The smallest absolute Gasteiger partial charge is 0.0518 e. The second-order valence-corrected chi connectivity index (χ2v) is 4.37. The molecule has 2 rings (SSSR count). The third-order valence-corrected chi connectivity index (χ3v) is 2.92. The van der Waals surface area contributed by atoms with Crippen molar-refractivity contribution in [3.05, 3.63) is 26.6 Å². The molecule has 0 atom stereocenters. The lowest BCUT2D eigenvalue weighted by atomic mass is 10.2. The largest absolute Gasteiger partial charge is 0.384 e. The molecule has 1 aromatic carbocycles. The minimum atomic E-state index is 1.06. The highest BCUT2D eigenvalue weighted by Crippen LogP contribution is 2.33. The highest BCUT2D eigenvalue weighted by atomic mass is 79.9. The van der Waals surface area contributed by atoms with Gasteiger partial charge in [0.2, 0.25) is 0 Å². The third kappa shape index (κ3) is 1.32. The number of hydrogen-bond donors (Lipinski definition) is 1. The number of hydrogen-bond acceptors (Lipinski definition) is 1. The zero-order valence-electron chi connectivity index (χ0n) is 5.82. The van der Waals surface area contributed by atoms with Crippen LogP contribution in [0.15, 0.2) is 21.1 Å². The highest BCUT2D eigenvalue weighted by Gasteiger charge is 2.13. The van der Waals surface area contributed by atoms with Crippen LogP contribution in [0.25, 0.3) is 0 Å². The topological polar surface area (TPSA) is 12.0 Å². The Labute approximate surface area is 82.4 Å². The van der Waals surface area contributed by atoms with Crippen LogP contribution in [0.4, 0.5) is 5.69 Å². The van der Waals surface area contributed by atoms with Gasteiger partial charge in [-0.3, -0.25) is 0 Å². The van der Waals surface area contributed by atoms with Gasteiger partial charge in [0.1, 0.15) is 0 Å². The van der Waals surface area contributed by atoms with Gasteiger partial charge in [-0.15, -0.1) is 0 Å². The lowest BCUT2D eigenvalue weighted by Crippen LogP contribution is -1.91. The molecule has 0 amide bonds. The molecule has 1 aliphatic heterocycles. The molecule has 0 aliphatic carbocycles. The van der Waals surface area contributed by atoms with Crippen molar-refractivity contribution in [2.45, 2.75) is 6.42 Å². The summed E-state index contributed by atoms with van der Waals surface area (Å²) in [5.74, 6) is 0. The maximum absolute atomic E-state index is 3.51. The molecule has 1 N–H and O–H groups in total. The number of rotatable bonds is 0. The molecule has 58 valence electrons. The molecule has 0 spiro atoms. The second-order valence-electron chi connectivity index (χ2n) is 2.60. The van der Waals surface area contributed by atoms with Crippen molar-refractivity contribution < 1.29 is 0 Å². The van der Waals surface area contributed by atoms with Crippen LogP contribution in [-0.4, -0.2) is 6.54 Å². The van der Waals surface area contributed by atoms with E-state index in [1.54, 1.807) is 0 Å². The first-order chi connectivity index (χ1) is 5.27. The normalized spacial score (nSPS) is 14.4. The summed E-state index contributed by atoms with van der Waals surface area (Å²) in [6.07, 6.45) is 1.13. The van der Waals surface area contributed by atoms with Crippen LogP contribution in [0.1, 0.15) is 5.56 Å². The predicted molar refractivity (Wildman–Crippen MR) is 54.0 cm³/mol. The standard InChI is InChI=1S/C8H7Br2N/c9-6-3-5-1-2-11-8(5)7(10)4-6/h3-4,11H,1-2H2. The van der Waals surface area contributed by atoms with Gasteiger partial charge in [0.05, 0.1) is 5.69 Å². The Kier molecular flexibility index (Phi) is 1.93. The summed E-state index contributed by atoms with van der Waals surface area (Å²) in [7, 11) is 0. The maximum atomic E-state index is 3.51. The van der Waals surface area contributed by atoms with E-state index in [9.17, 15) is 0 Å². The molecule has 0 saturated heterocycles. The van der Waals surface area contributed by atoms with E-state index in [1.807, 2.05) is 0 Å². The Morgan fingerprint density at radius 1 is 1.27 bits per heavy atom. The van der Waals surface area contributed by atoms with Crippen LogP contribution in [0.5, 0.6) is 0 Å². The first-order valence-corrected chi connectivity index (χ1v) is 5.08. The van der Waals surface area contributed by atoms with Gasteiger partial charge in [-0.25, -0.2) is 0 Å². The van der Waals surface area contributed by atoms with Gasteiger partial charge in [-0.2, -0.15) is 0 Å². The van der Waals surface area contributed by atoms with Crippen molar-refractivity contribution in [1.29, 1.82) is 0 Å². The number of fused-ring (bicyclic) bond motifs is 1. The van der Waals surface area contributed by atoms with Crippen LogP contribution in [-0.2, 0) is 6.42 Å². The molecule has 0 aromatic heterocycles. The zero-order valence-corrected chi connectivity index (χ0v) is 9.00. The quantitative estimate of drug-likeness (QED) is 0.768. The third-order valence-electron chi connectivity index (χ3n) is 1.83. The minimum Gasteiger partial charge on any atom is -0.384 e. The SMILES string of the molecule is Brc1cc(Br)c2c(c1)CCN2.